The van der Waals surface area contributed by atoms with Gasteiger partial charge in [-0.25, -0.2) is 4.79 Å². The van der Waals surface area contributed by atoms with Gasteiger partial charge in [-0.15, -0.1) is 0 Å². The number of methoxy groups -OCH3 is 1. The van der Waals surface area contributed by atoms with Crippen molar-refractivity contribution in [1.82, 2.24) is 5.32 Å². The first-order valence-electron chi connectivity index (χ1n) is 7.82. The van der Waals surface area contributed by atoms with E-state index in [0.29, 0.717) is 5.56 Å². The Hall–Kier alpha value is -3.75. The molecule has 0 unspecified atom stereocenters. The Balaban J connectivity index is 1.79. The van der Waals surface area contributed by atoms with E-state index in [1.165, 1.54) is 55.6 Å². The van der Waals surface area contributed by atoms with Gasteiger partial charge in [-0.1, -0.05) is 0 Å². The van der Waals surface area contributed by atoms with Gasteiger partial charge in [-0.05, 0) is 36.4 Å². The summed E-state index contributed by atoms with van der Waals surface area (Å²) < 4.78 is 9.66. The lowest BCUT2D eigenvalue weighted by Gasteiger charge is -2.07. The highest BCUT2D eigenvalue weighted by atomic mass is 16.6. The number of carbonyl (C=O) groups excluding carboxylic acids is 3. The number of hydrogen-bond acceptors (Lipinski definition) is 7. The molecule has 2 aromatic rings. The molecule has 9 heteroatoms. The molecular formula is C18H16N2O7. The quantitative estimate of drug-likeness (QED) is 0.341. The van der Waals surface area contributed by atoms with Crippen LogP contribution in [0.1, 0.15) is 27.1 Å². The SMILES string of the molecule is COC(=O)c1ccc(OC(=O)CCNC(=O)c2ccc([N+](=O)[O-])cc2)cc1. The maximum Gasteiger partial charge on any atom is 0.337 e. The topological polar surface area (TPSA) is 125 Å². The van der Waals surface area contributed by atoms with E-state index in [0.717, 1.165) is 0 Å². The first-order chi connectivity index (χ1) is 12.9. The van der Waals surface area contributed by atoms with E-state index < -0.39 is 22.8 Å². The number of nitrogens with one attached hydrogen (secondary N) is 1. The van der Waals surface area contributed by atoms with Crippen LogP contribution in [0.5, 0.6) is 5.75 Å². The summed E-state index contributed by atoms with van der Waals surface area (Å²) in [5, 5.41) is 13.1. The number of amides is 1. The summed E-state index contributed by atoms with van der Waals surface area (Å²) in [5.74, 6) is -1.26. The minimum absolute atomic E-state index is 0.0366. The molecule has 1 N–H and O–H groups in total. The number of nitro benzene ring substituents is 1. The largest absolute Gasteiger partial charge is 0.465 e. The molecule has 0 atom stereocenters. The van der Waals surface area contributed by atoms with Crippen molar-refractivity contribution in [3.63, 3.8) is 0 Å². The van der Waals surface area contributed by atoms with E-state index in [2.05, 4.69) is 10.1 Å². The van der Waals surface area contributed by atoms with Crippen LogP contribution in [0.15, 0.2) is 48.5 Å². The fraction of sp³-hybridized carbons (Fsp3) is 0.167. The summed E-state index contributed by atoms with van der Waals surface area (Å²) >= 11 is 0. The third-order valence-electron chi connectivity index (χ3n) is 3.46. The Labute approximate surface area is 154 Å². The minimum atomic E-state index is -0.565. The van der Waals surface area contributed by atoms with Crippen molar-refractivity contribution in [1.29, 1.82) is 0 Å². The summed E-state index contributed by atoms with van der Waals surface area (Å²) in [6.07, 6.45) is -0.0719. The molecule has 2 aromatic carbocycles. The van der Waals surface area contributed by atoms with Crippen molar-refractivity contribution >= 4 is 23.5 Å². The smallest absolute Gasteiger partial charge is 0.337 e. The van der Waals surface area contributed by atoms with Crippen molar-refractivity contribution in [3.8, 4) is 5.75 Å². The summed E-state index contributed by atoms with van der Waals surface area (Å²) in [7, 11) is 1.27. The van der Waals surface area contributed by atoms with Crippen LogP contribution in [-0.4, -0.2) is 36.4 Å². The normalized spacial score (nSPS) is 9.96. The first kappa shape index (κ1) is 19.6. The van der Waals surface area contributed by atoms with Gasteiger partial charge in [0.05, 0.1) is 24.0 Å². The molecule has 2 rings (SSSR count). The maximum atomic E-state index is 11.9. The number of nitro groups is 1. The number of nitrogens with zero attached hydrogens (tertiary/aromatic N) is 1. The van der Waals surface area contributed by atoms with Gasteiger partial charge in [0.2, 0.25) is 0 Å². The molecular weight excluding hydrogens is 356 g/mol. The number of benzene rings is 2. The van der Waals surface area contributed by atoms with E-state index >= 15 is 0 Å². The fourth-order valence-corrected chi connectivity index (χ4v) is 2.07. The van der Waals surface area contributed by atoms with Gasteiger partial charge in [0, 0.05) is 24.2 Å². The molecule has 0 fully saturated rings. The summed E-state index contributed by atoms with van der Waals surface area (Å²) in [5.41, 5.74) is 0.452. The molecule has 0 aliphatic carbocycles. The number of hydrogen-bond donors (Lipinski definition) is 1. The predicted octanol–water partition coefficient (Wildman–Crippen LogP) is 2.11. The van der Waals surface area contributed by atoms with Gasteiger partial charge in [-0.3, -0.25) is 19.7 Å². The van der Waals surface area contributed by atoms with Crippen LogP contribution in [-0.2, 0) is 9.53 Å². The second-order valence-corrected chi connectivity index (χ2v) is 5.30. The van der Waals surface area contributed by atoms with Crippen LogP contribution < -0.4 is 10.1 Å². The molecule has 27 heavy (non-hydrogen) atoms. The number of rotatable bonds is 7. The highest BCUT2D eigenvalue weighted by Gasteiger charge is 2.11. The van der Waals surface area contributed by atoms with Crippen molar-refractivity contribution in [2.75, 3.05) is 13.7 Å². The monoisotopic (exact) mass is 372 g/mol. The molecule has 0 aromatic heterocycles. The van der Waals surface area contributed by atoms with E-state index in [1.54, 1.807) is 0 Å². The lowest BCUT2D eigenvalue weighted by molar-refractivity contribution is -0.384. The Kier molecular flexibility index (Phi) is 6.59. The fourth-order valence-electron chi connectivity index (χ4n) is 2.07. The van der Waals surface area contributed by atoms with Crippen LogP contribution in [0.2, 0.25) is 0 Å². The maximum absolute atomic E-state index is 11.9. The molecule has 0 bridgehead atoms. The Morgan fingerprint density at radius 2 is 1.59 bits per heavy atom. The zero-order valence-corrected chi connectivity index (χ0v) is 14.3. The van der Waals surface area contributed by atoms with Gasteiger partial charge in [0.15, 0.2) is 0 Å². The number of esters is 2. The van der Waals surface area contributed by atoms with Gasteiger partial charge >= 0.3 is 11.9 Å². The Morgan fingerprint density at radius 1 is 1.00 bits per heavy atom. The third-order valence-corrected chi connectivity index (χ3v) is 3.46. The molecule has 0 radical (unpaired) electrons. The van der Waals surface area contributed by atoms with Crippen LogP contribution in [0.4, 0.5) is 5.69 Å². The zero-order valence-electron chi connectivity index (χ0n) is 14.3. The molecule has 140 valence electrons. The standard InChI is InChI=1S/C18H16N2O7/c1-26-18(23)13-4-8-15(9-5-13)27-16(21)10-11-19-17(22)12-2-6-14(7-3-12)20(24)25/h2-9H,10-11H2,1H3,(H,19,22). The molecule has 9 nitrogen and oxygen atoms in total. The lowest BCUT2D eigenvalue weighted by atomic mass is 10.2. The second-order valence-electron chi connectivity index (χ2n) is 5.30. The van der Waals surface area contributed by atoms with E-state index in [-0.39, 0.29) is 30.0 Å². The summed E-state index contributed by atoms with van der Waals surface area (Å²) in [6.45, 7) is 0.0366. The van der Waals surface area contributed by atoms with Crippen LogP contribution >= 0.6 is 0 Å². The number of non-ortho nitro benzene ring substituents is 1. The Bertz CT molecular complexity index is 845. The van der Waals surface area contributed by atoms with Gasteiger partial charge in [0.25, 0.3) is 11.6 Å². The molecule has 1 amide bonds. The van der Waals surface area contributed by atoms with Crippen molar-refractivity contribution < 1.29 is 28.8 Å². The Morgan fingerprint density at radius 3 is 2.15 bits per heavy atom. The molecule has 0 heterocycles. The average molecular weight is 372 g/mol. The van der Waals surface area contributed by atoms with E-state index in [9.17, 15) is 24.5 Å². The van der Waals surface area contributed by atoms with Crippen molar-refractivity contribution in [2.45, 2.75) is 6.42 Å². The van der Waals surface area contributed by atoms with Gasteiger partial charge in [-0.2, -0.15) is 0 Å². The van der Waals surface area contributed by atoms with E-state index in [4.69, 9.17) is 4.74 Å². The van der Waals surface area contributed by atoms with Gasteiger partial charge in [0.1, 0.15) is 5.75 Å². The third kappa shape index (κ3) is 5.63. The second kappa shape index (κ2) is 9.09. The number of carbonyl (C=O) groups is 3. The van der Waals surface area contributed by atoms with Gasteiger partial charge < -0.3 is 14.8 Å². The van der Waals surface area contributed by atoms with Crippen molar-refractivity contribution in [2.24, 2.45) is 0 Å². The average Bonchev–Trinajstić information content (AvgIpc) is 2.67. The number of ether oxygens (including phenoxy) is 2. The molecule has 0 saturated heterocycles. The van der Waals surface area contributed by atoms with Crippen molar-refractivity contribution in [3.05, 3.63) is 69.8 Å². The lowest BCUT2D eigenvalue weighted by Crippen LogP contribution is -2.27. The zero-order chi connectivity index (χ0) is 19.8. The van der Waals surface area contributed by atoms with Crippen LogP contribution in [0.25, 0.3) is 0 Å². The van der Waals surface area contributed by atoms with Crippen LogP contribution in [0.3, 0.4) is 0 Å². The molecule has 0 aliphatic heterocycles. The first-order valence-corrected chi connectivity index (χ1v) is 7.82. The summed E-state index contributed by atoms with van der Waals surface area (Å²) in [6, 6.07) is 10.9. The summed E-state index contributed by atoms with van der Waals surface area (Å²) in [4.78, 5) is 45.0. The molecule has 0 aliphatic rings. The van der Waals surface area contributed by atoms with E-state index in [1.807, 2.05) is 0 Å². The molecule has 0 spiro atoms. The highest BCUT2D eigenvalue weighted by Crippen LogP contribution is 2.14. The highest BCUT2D eigenvalue weighted by molar-refractivity contribution is 5.94. The minimum Gasteiger partial charge on any atom is -0.465 e. The predicted molar refractivity (Wildman–Crippen MR) is 93.5 cm³/mol. The van der Waals surface area contributed by atoms with Crippen LogP contribution in [0, 0.1) is 10.1 Å². The molecule has 0 saturated carbocycles.